The Morgan fingerprint density at radius 3 is 2.55 bits per heavy atom. The van der Waals surface area contributed by atoms with Crippen LogP contribution in [0.1, 0.15) is 12.8 Å². The third-order valence-corrected chi connectivity index (χ3v) is 5.64. The number of piperidine rings is 1. The summed E-state index contributed by atoms with van der Waals surface area (Å²) in [6.45, 7) is 1.53. The molecule has 8 nitrogen and oxygen atoms in total. The second-order valence-corrected chi connectivity index (χ2v) is 7.76. The highest BCUT2D eigenvalue weighted by Gasteiger charge is 2.28. The molecule has 120 valence electrons. The molecule has 0 bridgehead atoms. The fourth-order valence-corrected chi connectivity index (χ4v) is 3.67. The second-order valence-electron chi connectivity index (χ2n) is 5.72. The fraction of sp³-hybridized carbons (Fsp3) is 0.615. The quantitative estimate of drug-likeness (QED) is 0.803. The Balaban J connectivity index is 1.80. The van der Waals surface area contributed by atoms with Crippen molar-refractivity contribution in [3.63, 3.8) is 0 Å². The lowest BCUT2D eigenvalue weighted by Crippen LogP contribution is -2.45. The van der Waals surface area contributed by atoms with Crippen molar-refractivity contribution in [3.8, 4) is 0 Å². The lowest BCUT2D eigenvalue weighted by molar-refractivity contribution is 0.313. The molecule has 3 heterocycles. The van der Waals surface area contributed by atoms with Gasteiger partial charge in [0.25, 0.3) is 0 Å². The van der Waals surface area contributed by atoms with Crippen molar-refractivity contribution in [1.29, 1.82) is 0 Å². The molecular formula is C13H20N6O2S. The number of anilines is 1. The third-order valence-electron chi connectivity index (χ3n) is 4.29. The number of aromatic nitrogens is 4. The molecule has 1 saturated heterocycles. The topological polar surface area (TPSA) is 84.2 Å². The highest BCUT2D eigenvalue weighted by Crippen LogP contribution is 2.26. The standard InChI is InChI=1S/C13H20N6O2S/c1-17-9-16-12-11(17)13(15-8-14-12)19-6-4-10(5-7-19)18(2)22(3,20)21/h8-10H,4-7H2,1-3H3. The minimum atomic E-state index is -3.14. The van der Waals surface area contributed by atoms with Crippen molar-refractivity contribution in [1.82, 2.24) is 23.8 Å². The molecule has 3 rings (SSSR count). The molecule has 0 atom stereocenters. The van der Waals surface area contributed by atoms with E-state index in [-0.39, 0.29) is 6.04 Å². The van der Waals surface area contributed by atoms with Gasteiger partial charge in [0, 0.05) is 33.2 Å². The maximum atomic E-state index is 11.6. The molecule has 2 aromatic heterocycles. The van der Waals surface area contributed by atoms with Gasteiger partial charge in [0.05, 0.1) is 12.6 Å². The van der Waals surface area contributed by atoms with Gasteiger partial charge in [0.2, 0.25) is 10.0 Å². The van der Waals surface area contributed by atoms with Crippen molar-refractivity contribution >= 4 is 27.0 Å². The van der Waals surface area contributed by atoms with E-state index in [1.807, 2.05) is 11.6 Å². The molecule has 0 spiro atoms. The molecule has 0 amide bonds. The van der Waals surface area contributed by atoms with Crippen LogP contribution in [-0.2, 0) is 17.1 Å². The van der Waals surface area contributed by atoms with Crippen LogP contribution in [0.4, 0.5) is 5.82 Å². The summed E-state index contributed by atoms with van der Waals surface area (Å²) in [6.07, 6.45) is 6.08. The first-order chi connectivity index (χ1) is 10.4. The molecule has 0 radical (unpaired) electrons. The number of sulfonamides is 1. The fourth-order valence-electron chi connectivity index (χ4n) is 2.91. The Bertz CT molecular complexity index is 779. The Morgan fingerprint density at radius 2 is 1.91 bits per heavy atom. The lowest BCUT2D eigenvalue weighted by atomic mass is 10.1. The molecular weight excluding hydrogens is 304 g/mol. The Labute approximate surface area is 129 Å². The molecule has 0 saturated carbocycles. The number of rotatable bonds is 3. The van der Waals surface area contributed by atoms with Gasteiger partial charge in [0.1, 0.15) is 11.8 Å². The van der Waals surface area contributed by atoms with Gasteiger partial charge >= 0.3 is 0 Å². The molecule has 0 unspecified atom stereocenters. The van der Waals surface area contributed by atoms with Crippen molar-refractivity contribution < 1.29 is 8.42 Å². The Kier molecular flexibility index (Phi) is 3.77. The first-order valence-electron chi connectivity index (χ1n) is 7.18. The Morgan fingerprint density at radius 1 is 1.23 bits per heavy atom. The highest BCUT2D eigenvalue weighted by atomic mass is 32.2. The van der Waals surface area contributed by atoms with Gasteiger partial charge < -0.3 is 9.47 Å². The summed E-state index contributed by atoms with van der Waals surface area (Å²) < 4.78 is 26.7. The first kappa shape index (κ1) is 15.2. The van der Waals surface area contributed by atoms with Gasteiger partial charge in [-0.25, -0.2) is 27.7 Å². The molecule has 9 heteroatoms. The highest BCUT2D eigenvalue weighted by molar-refractivity contribution is 7.88. The van der Waals surface area contributed by atoms with E-state index in [1.165, 1.54) is 16.9 Å². The molecule has 1 fully saturated rings. The summed E-state index contributed by atoms with van der Waals surface area (Å²) in [4.78, 5) is 15.0. The van der Waals surface area contributed by atoms with Crippen LogP contribution in [0, 0.1) is 0 Å². The Hall–Kier alpha value is -1.74. The van der Waals surface area contributed by atoms with E-state index in [9.17, 15) is 8.42 Å². The molecule has 1 aliphatic heterocycles. The van der Waals surface area contributed by atoms with Gasteiger partial charge in [-0.2, -0.15) is 0 Å². The largest absolute Gasteiger partial charge is 0.355 e. The monoisotopic (exact) mass is 324 g/mol. The van der Waals surface area contributed by atoms with E-state index >= 15 is 0 Å². The molecule has 0 N–H and O–H groups in total. The zero-order valence-corrected chi connectivity index (χ0v) is 13.8. The molecule has 2 aromatic rings. The number of aryl methyl sites for hydroxylation is 1. The van der Waals surface area contributed by atoms with Gasteiger partial charge in [-0.3, -0.25) is 0 Å². The van der Waals surface area contributed by atoms with Crippen LogP contribution in [-0.4, -0.2) is 64.7 Å². The summed E-state index contributed by atoms with van der Waals surface area (Å²) in [5.41, 5.74) is 1.60. The van der Waals surface area contributed by atoms with E-state index in [2.05, 4.69) is 19.9 Å². The van der Waals surface area contributed by atoms with Crippen LogP contribution in [0.15, 0.2) is 12.7 Å². The maximum Gasteiger partial charge on any atom is 0.211 e. The smallest absolute Gasteiger partial charge is 0.211 e. The zero-order chi connectivity index (χ0) is 15.9. The van der Waals surface area contributed by atoms with Gasteiger partial charge in [0.15, 0.2) is 11.5 Å². The number of fused-ring (bicyclic) bond motifs is 1. The minimum Gasteiger partial charge on any atom is -0.355 e. The molecule has 22 heavy (non-hydrogen) atoms. The third kappa shape index (κ3) is 2.66. The summed E-state index contributed by atoms with van der Waals surface area (Å²) in [6, 6.07) is 0.0510. The summed E-state index contributed by atoms with van der Waals surface area (Å²) in [5, 5.41) is 0. The van der Waals surface area contributed by atoms with Crippen LogP contribution in [0.2, 0.25) is 0 Å². The predicted octanol–water partition coefficient (Wildman–Crippen LogP) is 0.223. The van der Waals surface area contributed by atoms with Crippen LogP contribution in [0.3, 0.4) is 0 Å². The average molecular weight is 324 g/mol. The van der Waals surface area contributed by atoms with Crippen molar-refractivity contribution in [2.75, 3.05) is 31.3 Å². The van der Waals surface area contributed by atoms with E-state index in [4.69, 9.17) is 0 Å². The summed E-state index contributed by atoms with van der Waals surface area (Å²) >= 11 is 0. The first-order valence-corrected chi connectivity index (χ1v) is 9.02. The molecule has 1 aliphatic rings. The van der Waals surface area contributed by atoms with Gasteiger partial charge in [-0.15, -0.1) is 0 Å². The van der Waals surface area contributed by atoms with E-state index in [0.29, 0.717) is 5.65 Å². The van der Waals surface area contributed by atoms with E-state index < -0.39 is 10.0 Å². The zero-order valence-electron chi connectivity index (χ0n) is 13.0. The number of nitrogens with zero attached hydrogens (tertiary/aromatic N) is 6. The number of imidazole rings is 1. The van der Waals surface area contributed by atoms with Crippen molar-refractivity contribution in [3.05, 3.63) is 12.7 Å². The van der Waals surface area contributed by atoms with Crippen molar-refractivity contribution in [2.24, 2.45) is 7.05 Å². The van der Waals surface area contributed by atoms with Crippen LogP contribution in [0.25, 0.3) is 11.2 Å². The maximum absolute atomic E-state index is 11.6. The minimum absolute atomic E-state index is 0.0510. The van der Waals surface area contributed by atoms with Gasteiger partial charge in [-0.05, 0) is 12.8 Å². The van der Waals surface area contributed by atoms with Crippen LogP contribution >= 0.6 is 0 Å². The SMILES string of the molecule is CN(C1CCN(c2ncnc3ncn(C)c23)CC1)S(C)(=O)=O. The van der Waals surface area contributed by atoms with Gasteiger partial charge in [-0.1, -0.05) is 0 Å². The molecule has 0 aromatic carbocycles. The molecule has 0 aliphatic carbocycles. The second kappa shape index (κ2) is 5.47. The number of hydrogen-bond acceptors (Lipinski definition) is 6. The van der Waals surface area contributed by atoms with Crippen molar-refractivity contribution in [2.45, 2.75) is 18.9 Å². The predicted molar refractivity (Wildman–Crippen MR) is 84.1 cm³/mol. The van der Waals surface area contributed by atoms with Crippen LogP contribution < -0.4 is 4.90 Å². The lowest BCUT2D eigenvalue weighted by Gasteiger charge is -2.36. The van der Waals surface area contributed by atoms with E-state index in [0.717, 1.165) is 37.3 Å². The van der Waals surface area contributed by atoms with Crippen LogP contribution in [0.5, 0.6) is 0 Å². The van der Waals surface area contributed by atoms with E-state index in [1.54, 1.807) is 13.4 Å². The average Bonchev–Trinajstić information content (AvgIpc) is 2.87. The summed E-state index contributed by atoms with van der Waals surface area (Å²) in [5.74, 6) is 0.866. The number of hydrogen-bond donors (Lipinski definition) is 0. The summed E-state index contributed by atoms with van der Waals surface area (Å²) in [7, 11) is 0.434. The normalized spacial score (nSPS) is 17.5.